The first-order valence-corrected chi connectivity index (χ1v) is 5.74. The van der Waals surface area contributed by atoms with E-state index in [2.05, 4.69) is 15.3 Å². The minimum atomic E-state index is -4.41. The van der Waals surface area contributed by atoms with Crippen LogP contribution >= 0.6 is 0 Å². The van der Waals surface area contributed by atoms with E-state index in [0.717, 1.165) is 31.7 Å². The molecule has 0 aromatic carbocycles. The molecule has 2 rings (SSSR count). The summed E-state index contributed by atoms with van der Waals surface area (Å²) < 4.78 is 37.0. The number of aromatic nitrogens is 2. The molecular weight excluding hydrogens is 245 g/mol. The molecule has 4 nitrogen and oxygen atoms in total. The molecule has 0 radical (unpaired) electrons. The predicted molar refractivity (Wildman–Crippen MR) is 60.9 cm³/mol. The summed E-state index contributed by atoms with van der Waals surface area (Å²) in [5.74, 6) is 0.183. The molecule has 7 heteroatoms. The van der Waals surface area contributed by atoms with Gasteiger partial charge in [-0.05, 0) is 26.2 Å². The van der Waals surface area contributed by atoms with Gasteiger partial charge in [-0.2, -0.15) is 13.2 Å². The molecule has 1 aromatic rings. The maximum Gasteiger partial charge on any atom is 0.419 e. The number of nitrogens with one attached hydrogen (secondary N) is 1. The number of rotatable bonds is 2. The monoisotopic (exact) mass is 260 g/mol. The van der Waals surface area contributed by atoms with Crippen LogP contribution in [0.3, 0.4) is 0 Å². The molecule has 0 unspecified atom stereocenters. The molecule has 1 heterocycles. The Hall–Kier alpha value is -1.37. The molecule has 0 spiro atoms. The number of nitrogens with zero attached hydrogens (tertiary/aromatic N) is 2. The molecule has 18 heavy (non-hydrogen) atoms. The van der Waals surface area contributed by atoms with E-state index in [0.29, 0.717) is 0 Å². The summed E-state index contributed by atoms with van der Waals surface area (Å²) in [7, 11) is 0. The van der Waals surface area contributed by atoms with Gasteiger partial charge in [-0.1, -0.05) is 0 Å². The molecule has 1 aliphatic carbocycles. The minimum Gasteiger partial charge on any atom is -0.348 e. The summed E-state index contributed by atoms with van der Waals surface area (Å²) in [6.07, 6.45) is -0.113. The smallest absolute Gasteiger partial charge is 0.348 e. The van der Waals surface area contributed by atoms with Gasteiger partial charge in [-0.3, -0.25) is 0 Å². The number of alkyl halides is 3. The lowest BCUT2D eigenvalue weighted by Crippen LogP contribution is -2.47. The molecule has 2 atom stereocenters. The van der Waals surface area contributed by atoms with Crippen LogP contribution in [0.2, 0.25) is 0 Å². The van der Waals surface area contributed by atoms with Crippen molar-refractivity contribution in [3.05, 3.63) is 18.0 Å². The number of hydrogen-bond acceptors (Lipinski definition) is 4. The first-order chi connectivity index (χ1) is 8.31. The highest BCUT2D eigenvalue weighted by Crippen LogP contribution is 2.32. The predicted octanol–water partition coefficient (Wildman–Crippen LogP) is 2.18. The molecule has 1 aliphatic rings. The molecular formula is C11H15F3N4. The van der Waals surface area contributed by atoms with Gasteiger partial charge >= 0.3 is 6.18 Å². The second kappa shape index (κ2) is 4.38. The summed E-state index contributed by atoms with van der Waals surface area (Å²) >= 11 is 0. The van der Waals surface area contributed by atoms with E-state index in [1.165, 1.54) is 0 Å². The summed E-state index contributed by atoms with van der Waals surface area (Å²) in [6, 6.07) is -0.0385. The van der Waals surface area contributed by atoms with E-state index in [9.17, 15) is 13.2 Å². The third kappa shape index (κ3) is 2.55. The number of nitrogens with two attached hydrogens (primary N) is 1. The van der Waals surface area contributed by atoms with Crippen molar-refractivity contribution in [3.63, 3.8) is 0 Å². The van der Waals surface area contributed by atoms with Crippen molar-refractivity contribution in [2.75, 3.05) is 5.32 Å². The summed E-state index contributed by atoms with van der Waals surface area (Å²) in [4.78, 5) is 7.38. The molecule has 1 aromatic heterocycles. The van der Waals surface area contributed by atoms with E-state index < -0.39 is 11.7 Å². The van der Waals surface area contributed by atoms with Gasteiger partial charge in [0.25, 0.3) is 0 Å². The van der Waals surface area contributed by atoms with Crippen LogP contribution in [-0.4, -0.2) is 21.5 Å². The average Bonchev–Trinajstić information content (AvgIpc) is 2.58. The lowest BCUT2D eigenvalue weighted by molar-refractivity contribution is -0.138. The van der Waals surface area contributed by atoms with E-state index in [1.807, 2.05) is 6.92 Å². The van der Waals surface area contributed by atoms with Gasteiger partial charge < -0.3 is 11.1 Å². The highest BCUT2D eigenvalue weighted by molar-refractivity contribution is 5.32. The SMILES string of the molecule is C[C@]1(Nc2ncc(C(F)(F)F)cn2)CCC[C@H]1N. The van der Waals surface area contributed by atoms with E-state index in [-0.39, 0.29) is 17.5 Å². The maximum absolute atomic E-state index is 12.3. The molecule has 0 amide bonds. The molecule has 3 N–H and O–H groups in total. The zero-order chi connectivity index (χ0) is 13.4. The molecule has 1 saturated carbocycles. The van der Waals surface area contributed by atoms with Crippen LogP contribution in [-0.2, 0) is 6.18 Å². The molecule has 0 bridgehead atoms. The van der Waals surface area contributed by atoms with Crippen molar-refractivity contribution in [1.29, 1.82) is 0 Å². The zero-order valence-electron chi connectivity index (χ0n) is 9.96. The van der Waals surface area contributed by atoms with Crippen LogP contribution in [0.15, 0.2) is 12.4 Å². The molecule has 0 aliphatic heterocycles. The normalized spacial score (nSPS) is 28.4. The Balaban J connectivity index is 2.11. The minimum absolute atomic E-state index is 0.0385. The van der Waals surface area contributed by atoms with E-state index in [1.54, 1.807) is 0 Å². The Kier molecular flexibility index (Phi) is 3.18. The first kappa shape index (κ1) is 13.1. The molecule has 1 fully saturated rings. The topological polar surface area (TPSA) is 63.8 Å². The van der Waals surface area contributed by atoms with Crippen molar-refractivity contribution >= 4 is 5.95 Å². The van der Waals surface area contributed by atoms with Gasteiger partial charge in [-0.25, -0.2) is 9.97 Å². The molecule has 0 saturated heterocycles. The maximum atomic E-state index is 12.3. The van der Waals surface area contributed by atoms with E-state index in [4.69, 9.17) is 5.73 Å². The van der Waals surface area contributed by atoms with Crippen LogP contribution in [0.5, 0.6) is 0 Å². The number of halogens is 3. The average molecular weight is 260 g/mol. The standard InChI is InChI=1S/C11H15F3N4/c1-10(4-2-3-8(10)15)18-9-16-5-7(6-17-9)11(12,13)14/h5-6,8H,2-4,15H2,1H3,(H,16,17,18)/t8-,10+/m1/s1. The fourth-order valence-electron chi connectivity index (χ4n) is 2.14. The van der Waals surface area contributed by atoms with Crippen LogP contribution in [0.4, 0.5) is 19.1 Å². The van der Waals surface area contributed by atoms with Crippen LogP contribution in [0, 0.1) is 0 Å². The van der Waals surface area contributed by atoms with Gasteiger partial charge in [-0.15, -0.1) is 0 Å². The summed E-state index contributed by atoms with van der Waals surface area (Å²) in [5.41, 5.74) is 4.76. The first-order valence-electron chi connectivity index (χ1n) is 5.74. The fraction of sp³-hybridized carbons (Fsp3) is 0.636. The Morgan fingerprint density at radius 3 is 2.44 bits per heavy atom. The summed E-state index contributed by atoms with van der Waals surface area (Å²) in [6.45, 7) is 1.94. The Bertz CT molecular complexity index is 417. The Labute approximate surface area is 103 Å². The fourth-order valence-corrected chi connectivity index (χ4v) is 2.14. The third-order valence-corrected chi connectivity index (χ3v) is 3.41. The summed E-state index contributed by atoms with van der Waals surface area (Å²) in [5, 5.41) is 3.03. The van der Waals surface area contributed by atoms with Crippen molar-refractivity contribution in [3.8, 4) is 0 Å². The highest BCUT2D eigenvalue weighted by Gasteiger charge is 2.37. The number of hydrogen-bond donors (Lipinski definition) is 2. The van der Waals surface area contributed by atoms with Gasteiger partial charge in [0.15, 0.2) is 0 Å². The van der Waals surface area contributed by atoms with Crippen LogP contribution in [0.25, 0.3) is 0 Å². The second-order valence-corrected chi connectivity index (χ2v) is 4.83. The van der Waals surface area contributed by atoms with Gasteiger partial charge in [0.05, 0.1) is 11.1 Å². The second-order valence-electron chi connectivity index (χ2n) is 4.83. The Morgan fingerprint density at radius 2 is 2.00 bits per heavy atom. The largest absolute Gasteiger partial charge is 0.419 e. The van der Waals surface area contributed by atoms with Gasteiger partial charge in [0.2, 0.25) is 5.95 Å². The molecule has 100 valence electrons. The van der Waals surface area contributed by atoms with Crippen molar-refractivity contribution in [2.24, 2.45) is 5.73 Å². The van der Waals surface area contributed by atoms with Crippen LogP contribution < -0.4 is 11.1 Å². The van der Waals surface area contributed by atoms with E-state index >= 15 is 0 Å². The lowest BCUT2D eigenvalue weighted by Gasteiger charge is -2.30. The van der Waals surface area contributed by atoms with Crippen LogP contribution in [0.1, 0.15) is 31.7 Å². The van der Waals surface area contributed by atoms with Crippen molar-refractivity contribution in [1.82, 2.24) is 9.97 Å². The van der Waals surface area contributed by atoms with Crippen molar-refractivity contribution in [2.45, 2.75) is 43.9 Å². The quantitative estimate of drug-likeness (QED) is 0.855. The highest BCUT2D eigenvalue weighted by atomic mass is 19.4. The van der Waals surface area contributed by atoms with Crippen molar-refractivity contribution < 1.29 is 13.2 Å². The van der Waals surface area contributed by atoms with Gasteiger partial charge in [0, 0.05) is 18.4 Å². The van der Waals surface area contributed by atoms with Gasteiger partial charge in [0.1, 0.15) is 0 Å². The number of anilines is 1. The third-order valence-electron chi connectivity index (χ3n) is 3.41. The Morgan fingerprint density at radius 1 is 1.39 bits per heavy atom. The lowest BCUT2D eigenvalue weighted by atomic mass is 9.97. The zero-order valence-corrected chi connectivity index (χ0v) is 9.96.